The number of urea groups is 1. The van der Waals surface area contributed by atoms with Gasteiger partial charge in [-0.05, 0) is 43.3 Å². The van der Waals surface area contributed by atoms with Crippen LogP contribution in [-0.4, -0.2) is 42.1 Å². The highest BCUT2D eigenvalue weighted by Crippen LogP contribution is 2.35. The number of benzene rings is 2. The van der Waals surface area contributed by atoms with E-state index >= 15 is 0 Å². The molecule has 9 heteroatoms. The van der Waals surface area contributed by atoms with Gasteiger partial charge in [-0.1, -0.05) is 18.2 Å². The van der Waals surface area contributed by atoms with Crippen molar-refractivity contribution in [2.24, 2.45) is 0 Å². The molecule has 0 unspecified atom stereocenters. The monoisotopic (exact) mass is 450 g/mol. The molecule has 2 aromatic carbocycles. The highest BCUT2D eigenvalue weighted by Gasteiger charge is 2.35. The second-order valence-electron chi connectivity index (χ2n) is 7.42. The normalized spacial score (nSPS) is 15.7. The Morgan fingerprint density at radius 2 is 1.85 bits per heavy atom. The molecule has 1 aliphatic heterocycles. The van der Waals surface area contributed by atoms with Crippen LogP contribution in [0.25, 0.3) is 16.9 Å². The molecule has 2 N–H and O–H groups in total. The SMILES string of the molecule is COCCOC(=O)C1=C(C)NC(=O)N[C@@H]1c1cn(-c2ccccc2)nc1-c1ccc(F)cc1. The van der Waals surface area contributed by atoms with Gasteiger partial charge in [-0.2, -0.15) is 5.10 Å². The van der Waals surface area contributed by atoms with Crippen molar-refractivity contribution in [2.45, 2.75) is 13.0 Å². The summed E-state index contributed by atoms with van der Waals surface area (Å²) in [7, 11) is 1.51. The van der Waals surface area contributed by atoms with Crippen molar-refractivity contribution in [2.75, 3.05) is 20.3 Å². The number of ether oxygens (including phenoxy) is 2. The van der Waals surface area contributed by atoms with Crippen molar-refractivity contribution < 1.29 is 23.5 Å². The zero-order valence-electron chi connectivity index (χ0n) is 18.2. The summed E-state index contributed by atoms with van der Waals surface area (Å²) in [6.07, 6.45) is 1.75. The topological polar surface area (TPSA) is 94.5 Å². The molecule has 1 aliphatic rings. The lowest BCUT2D eigenvalue weighted by atomic mass is 9.94. The number of hydrogen-bond donors (Lipinski definition) is 2. The Labute approximate surface area is 190 Å². The summed E-state index contributed by atoms with van der Waals surface area (Å²) in [6, 6.07) is 14.0. The second-order valence-corrected chi connectivity index (χ2v) is 7.42. The van der Waals surface area contributed by atoms with E-state index in [4.69, 9.17) is 14.6 Å². The number of carbonyl (C=O) groups is 2. The largest absolute Gasteiger partial charge is 0.460 e. The van der Waals surface area contributed by atoms with E-state index in [2.05, 4.69) is 10.6 Å². The quantitative estimate of drug-likeness (QED) is 0.425. The first kappa shape index (κ1) is 22.2. The molecule has 0 aliphatic carbocycles. The summed E-state index contributed by atoms with van der Waals surface area (Å²) >= 11 is 0. The van der Waals surface area contributed by atoms with Gasteiger partial charge in [0.05, 0.1) is 29.6 Å². The van der Waals surface area contributed by atoms with Gasteiger partial charge in [-0.3, -0.25) is 0 Å². The summed E-state index contributed by atoms with van der Waals surface area (Å²) in [6.45, 7) is 1.95. The fourth-order valence-electron chi connectivity index (χ4n) is 3.64. The molecule has 0 fully saturated rings. The molecule has 4 rings (SSSR count). The van der Waals surface area contributed by atoms with Crippen molar-refractivity contribution in [3.63, 3.8) is 0 Å². The lowest BCUT2D eigenvalue weighted by Crippen LogP contribution is -2.45. The Morgan fingerprint density at radius 1 is 1.12 bits per heavy atom. The summed E-state index contributed by atoms with van der Waals surface area (Å²) in [4.78, 5) is 25.3. The summed E-state index contributed by atoms with van der Waals surface area (Å²) in [5.41, 5.74) is 3.13. The predicted octanol–water partition coefficient (Wildman–Crippen LogP) is 3.50. The third-order valence-electron chi connectivity index (χ3n) is 5.20. The Kier molecular flexibility index (Phi) is 6.50. The number of esters is 1. The zero-order valence-corrected chi connectivity index (χ0v) is 18.2. The van der Waals surface area contributed by atoms with Crippen LogP contribution in [-0.2, 0) is 14.3 Å². The molecule has 0 bridgehead atoms. The van der Waals surface area contributed by atoms with Crippen LogP contribution < -0.4 is 10.6 Å². The van der Waals surface area contributed by atoms with Gasteiger partial charge in [0.2, 0.25) is 0 Å². The minimum atomic E-state index is -0.827. The van der Waals surface area contributed by atoms with E-state index < -0.39 is 18.0 Å². The number of halogens is 1. The smallest absolute Gasteiger partial charge is 0.338 e. The molecule has 0 spiro atoms. The number of para-hydroxylation sites is 1. The highest BCUT2D eigenvalue weighted by atomic mass is 19.1. The van der Waals surface area contributed by atoms with E-state index in [0.717, 1.165) is 5.69 Å². The third-order valence-corrected chi connectivity index (χ3v) is 5.20. The van der Waals surface area contributed by atoms with E-state index in [1.807, 2.05) is 30.3 Å². The first-order valence-electron chi connectivity index (χ1n) is 10.3. The maximum absolute atomic E-state index is 13.6. The van der Waals surface area contributed by atoms with Crippen LogP contribution >= 0.6 is 0 Å². The van der Waals surface area contributed by atoms with Crippen molar-refractivity contribution in [3.05, 3.63) is 83.4 Å². The molecule has 0 saturated carbocycles. The Balaban J connectivity index is 1.83. The van der Waals surface area contributed by atoms with Crippen LogP contribution in [0.1, 0.15) is 18.5 Å². The van der Waals surface area contributed by atoms with Gasteiger partial charge in [0.25, 0.3) is 0 Å². The number of nitrogens with zero attached hydrogens (tertiary/aromatic N) is 2. The maximum Gasteiger partial charge on any atom is 0.338 e. The van der Waals surface area contributed by atoms with E-state index in [1.54, 1.807) is 29.9 Å². The second kappa shape index (κ2) is 9.66. The lowest BCUT2D eigenvalue weighted by Gasteiger charge is -2.27. The Hall–Kier alpha value is -3.98. The highest BCUT2D eigenvalue weighted by molar-refractivity contribution is 5.95. The summed E-state index contributed by atoms with van der Waals surface area (Å²) < 4.78 is 25.5. The molecule has 33 heavy (non-hydrogen) atoms. The van der Waals surface area contributed by atoms with Gasteiger partial charge >= 0.3 is 12.0 Å². The van der Waals surface area contributed by atoms with Crippen molar-refractivity contribution >= 4 is 12.0 Å². The first-order chi connectivity index (χ1) is 16.0. The number of aromatic nitrogens is 2. The van der Waals surface area contributed by atoms with Crippen LogP contribution in [0, 0.1) is 5.82 Å². The molecular formula is C24H23FN4O4. The molecule has 2 heterocycles. The minimum absolute atomic E-state index is 0.0703. The van der Waals surface area contributed by atoms with E-state index in [0.29, 0.717) is 22.5 Å². The first-order valence-corrected chi connectivity index (χ1v) is 10.3. The summed E-state index contributed by atoms with van der Waals surface area (Å²) in [5, 5.41) is 10.1. The van der Waals surface area contributed by atoms with E-state index in [1.165, 1.54) is 19.2 Å². The van der Waals surface area contributed by atoms with Crippen molar-refractivity contribution in [1.29, 1.82) is 0 Å². The third kappa shape index (κ3) is 4.78. The van der Waals surface area contributed by atoms with Gasteiger partial charge < -0.3 is 20.1 Å². The fourth-order valence-corrected chi connectivity index (χ4v) is 3.64. The maximum atomic E-state index is 13.6. The van der Waals surface area contributed by atoms with Crippen LogP contribution in [0.15, 0.2) is 72.1 Å². The average molecular weight is 450 g/mol. The molecule has 0 radical (unpaired) electrons. The van der Waals surface area contributed by atoms with Crippen LogP contribution in [0.4, 0.5) is 9.18 Å². The minimum Gasteiger partial charge on any atom is -0.460 e. The Bertz CT molecular complexity index is 1190. The lowest BCUT2D eigenvalue weighted by molar-refractivity contribution is -0.140. The molecule has 0 saturated heterocycles. The van der Waals surface area contributed by atoms with Gasteiger partial charge in [0, 0.05) is 30.1 Å². The van der Waals surface area contributed by atoms with E-state index in [-0.39, 0.29) is 24.6 Å². The molecule has 1 atom stereocenters. The fraction of sp³-hybridized carbons (Fsp3) is 0.208. The van der Waals surface area contributed by atoms with Gasteiger partial charge in [0.15, 0.2) is 0 Å². The molecule has 1 aromatic heterocycles. The average Bonchev–Trinajstić information content (AvgIpc) is 3.25. The molecule has 8 nitrogen and oxygen atoms in total. The molecular weight excluding hydrogens is 427 g/mol. The van der Waals surface area contributed by atoms with Gasteiger partial charge in [-0.25, -0.2) is 18.7 Å². The standard InChI is InChI=1S/C24H23FN4O4/c1-15-20(23(30)33-13-12-32-2)22(27-24(31)26-15)19-14-29(18-6-4-3-5-7-18)28-21(19)16-8-10-17(25)11-9-16/h3-11,14,22H,12-13H2,1-2H3,(H2,26,27,31)/t22-/m1/s1. The number of hydrogen-bond acceptors (Lipinski definition) is 5. The van der Waals surface area contributed by atoms with Crippen LogP contribution in [0.2, 0.25) is 0 Å². The molecule has 3 aromatic rings. The molecule has 170 valence electrons. The Morgan fingerprint density at radius 3 is 2.55 bits per heavy atom. The summed E-state index contributed by atoms with van der Waals surface area (Å²) in [5.74, 6) is -0.962. The number of amides is 2. The number of allylic oxidation sites excluding steroid dienone is 1. The van der Waals surface area contributed by atoms with Crippen molar-refractivity contribution in [1.82, 2.24) is 20.4 Å². The number of rotatable bonds is 7. The number of nitrogens with one attached hydrogen (secondary N) is 2. The zero-order chi connectivity index (χ0) is 23.4. The van der Waals surface area contributed by atoms with Gasteiger partial charge in [-0.15, -0.1) is 0 Å². The van der Waals surface area contributed by atoms with Crippen molar-refractivity contribution in [3.8, 4) is 16.9 Å². The van der Waals surface area contributed by atoms with Crippen LogP contribution in [0.5, 0.6) is 0 Å². The van der Waals surface area contributed by atoms with Gasteiger partial charge in [0.1, 0.15) is 12.4 Å². The number of carbonyl (C=O) groups excluding carboxylic acids is 2. The van der Waals surface area contributed by atoms with E-state index in [9.17, 15) is 14.0 Å². The molecule has 2 amide bonds. The number of methoxy groups -OCH3 is 1. The van der Waals surface area contributed by atoms with Crippen LogP contribution in [0.3, 0.4) is 0 Å². The predicted molar refractivity (Wildman–Crippen MR) is 119 cm³/mol.